The van der Waals surface area contributed by atoms with E-state index in [1.54, 1.807) is 12.3 Å². The summed E-state index contributed by atoms with van der Waals surface area (Å²) >= 11 is 1.34. The van der Waals surface area contributed by atoms with Gasteiger partial charge in [0.25, 0.3) is 0 Å². The van der Waals surface area contributed by atoms with Gasteiger partial charge < -0.3 is 5.32 Å². The largest absolute Gasteiger partial charge is 0.325 e. The van der Waals surface area contributed by atoms with Gasteiger partial charge in [0.05, 0.1) is 5.75 Å². The van der Waals surface area contributed by atoms with Gasteiger partial charge in [0.1, 0.15) is 5.69 Å². The van der Waals surface area contributed by atoms with Crippen LogP contribution in [0.1, 0.15) is 31.7 Å². The number of aromatic nitrogens is 4. The summed E-state index contributed by atoms with van der Waals surface area (Å²) in [6.07, 6.45) is 4.59. The number of nitrogens with zero attached hydrogens (tertiary/aromatic N) is 4. The average molecular weight is 408 g/mol. The zero-order valence-electron chi connectivity index (χ0n) is 16.7. The molecule has 29 heavy (non-hydrogen) atoms. The molecule has 150 valence electrons. The van der Waals surface area contributed by atoms with E-state index in [1.165, 1.54) is 17.3 Å². The topological polar surface area (TPSA) is 72.7 Å². The first kappa shape index (κ1) is 20.8. The van der Waals surface area contributed by atoms with Gasteiger partial charge in [0.15, 0.2) is 11.0 Å². The minimum absolute atomic E-state index is 0.0844. The van der Waals surface area contributed by atoms with Crippen molar-refractivity contribution in [1.29, 1.82) is 0 Å². The number of hydrogen-bond donors (Lipinski definition) is 1. The van der Waals surface area contributed by atoms with Gasteiger partial charge in [-0.3, -0.25) is 14.3 Å². The Labute approximate surface area is 175 Å². The van der Waals surface area contributed by atoms with Gasteiger partial charge in [-0.05, 0) is 42.2 Å². The standard InChI is InChI=1S/C22H25N5OS/c1-4-14-27-21(19-8-6-7-13-23-19)25-26-22(27)29-15-20(28)24-18-11-9-17(10-12-18)16(3)5-2/h4,6-13,16H,1,5,14-15H2,2-3H3,(H,24,28). The van der Waals surface area contributed by atoms with Crippen LogP contribution in [0.25, 0.3) is 11.5 Å². The Morgan fingerprint density at radius 3 is 2.69 bits per heavy atom. The van der Waals surface area contributed by atoms with Crippen LogP contribution in [-0.2, 0) is 11.3 Å². The minimum atomic E-state index is -0.0844. The van der Waals surface area contributed by atoms with Crippen LogP contribution in [-0.4, -0.2) is 31.4 Å². The number of nitrogens with one attached hydrogen (secondary N) is 1. The van der Waals surface area contributed by atoms with Gasteiger partial charge in [0, 0.05) is 18.4 Å². The first-order chi connectivity index (χ1) is 14.1. The van der Waals surface area contributed by atoms with Crippen LogP contribution >= 0.6 is 11.8 Å². The van der Waals surface area contributed by atoms with Crippen molar-refractivity contribution in [2.45, 2.75) is 37.9 Å². The van der Waals surface area contributed by atoms with Crippen molar-refractivity contribution in [2.75, 3.05) is 11.1 Å². The van der Waals surface area contributed by atoms with Gasteiger partial charge in [-0.15, -0.1) is 16.8 Å². The van der Waals surface area contributed by atoms with Crippen LogP contribution < -0.4 is 5.32 Å². The smallest absolute Gasteiger partial charge is 0.234 e. The molecular formula is C22H25N5OS. The highest BCUT2D eigenvalue weighted by atomic mass is 32.2. The second kappa shape index (κ2) is 10.0. The maximum atomic E-state index is 12.4. The van der Waals surface area contributed by atoms with E-state index in [-0.39, 0.29) is 11.7 Å². The van der Waals surface area contributed by atoms with Crippen molar-refractivity contribution in [3.8, 4) is 11.5 Å². The molecule has 0 bridgehead atoms. The number of allylic oxidation sites excluding steroid dienone is 1. The zero-order valence-corrected chi connectivity index (χ0v) is 17.5. The number of benzene rings is 1. The molecule has 0 aliphatic carbocycles. The van der Waals surface area contributed by atoms with Crippen LogP contribution in [0.5, 0.6) is 0 Å². The molecule has 0 aliphatic rings. The van der Waals surface area contributed by atoms with E-state index in [9.17, 15) is 4.79 Å². The lowest BCUT2D eigenvalue weighted by Gasteiger charge is -2.10. The maximum Gasteiger partial charge on any atom is 0.234 e. The Balaban J connectivity index is 1.64. The summed E-state index contributed by atoms with van der Waals surface area (Å²) in [5, 5.41) is 12.1. The predicted molar refractivity (Wildman–Crippen MR) is 118 cm³/mol. The molecule has 0 aliphatic heterocycles. The number of hydrogen-bond acceptors (Lipinski definition) is 5. The van der Waals surface area contributed by atoms with Gasteiger partial charge in [-0.2, -0.15) is 0 Å². The van der Waals surface area contributed by atoms with Gasteiger partial charge in [-0.1, -0.05) is 49.9 Å². The quantitative estimate of drug-likeness (QED) is 0.409. The molecule has 1 aromatic carbocycles. The Kier molecular flexibility index (Phi) is 7.19. The SMILES string of the molecule is C=CCn1c(SCC(=O)Nc2ccc(C(C)CC)cc2)nnc1-c1ccccn1. The molecular weight excluding hydrogens is 382 g/mol. The molecule has 0 saturated carbocycles. The number of amides is 1. The lowest BCUT2D eigenvalue weighted by Crippen LogP contribution is -2.14. The first-order valence-corrected chi connectivity index (χ1v) is 10.6. The summed E-state index contributed by atoms with van der Waals surface area (Å²) in [4.78, 5) is 16.7. The summed E-state index contributed by atoms with van der Waals surface area (Å²) in [7, 11) is 0. The van der Waals surface area contributed by atoms with Crippen molar-refractivity contribution in [2.24, 2.45) is 0 Å². The summed E-state index contributed by atoms with van der Waals surface area (Å²) in [6, 6.07) is 13.7. The van der Waals surface area contributed by atoms with Gasteiger partial charge >= 0.3 is 0 Å². The molecule has 1 amide bonds. The summed E-state index contributed by atoms with van der Waals surface area (Å²) < 4.78 is 1.91. The van der Waals surface area contributed by atoms with Crippen LogP contribution in [0.4, 0.5) is 5.69 Å². The van der Waals surface area contributed by atoms with Crippen molar-refractivity contribution in [3.05, 3.63) is 66.9 Å². The third-order valence-corrected chi connectivity index (χ3v) is 5.60. The van der Waals surface area contributed by atoms with Crippen molar-refractivity contribution in [1.82, 2.24) is 19.7 Å². The monoisotopic (exact) mass is 407 g/mol. The summed E-state index contributed by atoms with van der Waals surface area (Å²) in [5.41, 5.74) is 2.81. The van der Waals surface area contributed by atoms with Crippen LogP contribution in [0, 0.1) is 0 Å². The second-order valence-electron chi connectivity index (χ2n) is 6.69. The number of anilines is 1. The van der Waals surface area contributed by atoms with E-state index in [4.69, 9.17) is 0 Å². The second-order valence-corrected chi connectivity index (χ2v) is 7.63. The molecule has 0 saturated heterocycles. The molecule has 1 N–H and O–H groups in total. The lowest BCUT2D eigenvalue weighted by molar-refractivity contribution is -0.113. The zero-order chi connectivity index (χ0) is 20.6. The number of thioether (sulfide) groups is 1. The molecule has 3 rings (SSSR count). The molecule has 0 radical (unpaired) electrons. The van der Waals surface area contributed by atoms with Crippen LogP contribution in [0.15, 0.2) is 66.5 Å². The van der Waals surface area contributed by atoms with Gasteiger partial charge in [-0.25, -0.2) is 0 Å². The Morgan fingerprint density at radius 1 is 1.24 bits per heavy atom. The van der Waals surface area contributed by atoms with Crippen molar-refractivity contribution in [3.63, 3.8) is 0 Å². The Hall–Kier alpha value is -2.93. The number of carbonyl (C=O) groups is 1. The van der Waals surface area contributed by atoms with E-state index >= 15 is 0 Å². The fourth-order valence-electron chi connectivity index (χ4n) is 2.83. The van der Waals surface area contributed by atoms with E-state index in [1.807, 2.05) is 34.9 Å². The van der Waals surface area contributed by atoms with Crippen LogP contribution in [0.2, 0.25) is 0 Å². The summed E-state index contributed by atoms with van der Waals surface area (Å²) in [5.74, 6) is 1.33. The molecule has 0 spiro atoms. The predicted octanol–water partition coefficient (Wildman–Crippen LogP) is 4.77. The molecule has 3 aromatic rings. The minimum Gasteiger partial charge on any atom is -0.325 e. The van der Waals surface area contributed by atoms with Gasteiger partial charge in [0.2, 0.25) is 5.91 Å². The maximum absolute atomic E-state index is 12.4. The molecule has 0 fully saturated rings. The highest BCUT2D eigenvalue weighted by molar-refractivity contribution is 7.99. The Bertz CT molecular complexity index is 953. The molecule has 2 aromatic heterocycles. The fraction of sp³-hybridized carbons (Fsp3) is 0.273. The van der Waals surface area contributed by atoms with Crippen molar-refractivity contribution < 1.29 is 4.79 Å². The molecule has 7 heteroatoms. The third-order valence-electron chi connectivity index (χ3n) is 4.63. The molecule has 2 heterocycles. The van der Waals surface area contributed by atoms with E-state index < -0.39 is 0 Å². The van der Waals surface area contributed by atoms with Crippen LogP contribution in [0.3, 0.4) is 0 Å². The molecule has 1 unspecified atom stereocenters. The molecule has 1 atom stereocenters. The normalized spacial score (nSPS) is 11.8. The van der Waals surface area contributed by atoms with E-state index in [2.05, 4.69) is 53.1 Å². The highest BCUT2D eigenvalue weighted by Crippen LogP contribution is 2.24. The Morgan fingerprint density at radius 2 is 2.03 bits per heavy atom. The van der Waals surface area contributed by atoms with E-state index in [0.29, 0.717) is 23.4 Å². The molecule has 6 nitrogen and oxygen atoms in total. The summed E-state index contributed by atoms with van der Waals surface area (Å²) in [6.45, 7) is 8.71. The lowest BCUT2D eigenvalue weighted by atomic mass is 9.99. The highest BCUT2D eigenvalue weighted by Gasteiger charge is 2.15. The van der Waals surface area contributed by atoms with E-state index in [0.717, 1.165) is 17.8 Å². The number of rotatable bonds is 9. The third kappa shape index (κ3) is 5.32. The number of carbonyl (C=O) groups excluding carboxylic acids is 1. The fourth-order valence-corrected chi connectivity index (χ4v) is 3.58. The average Bonchev–Trinajstić information content (AvgIpc) is 3.16. The van der Waals surface area contributed by atoms with Crippen molar-refractivity contribution >= 4 is 23.4 Å². The first-order valence-electron chi connectivity index (χ1n) is 9.60. The number of pyridine rings is 1.